The number of hydrogen-bond acceptors (Lipinski definition) is 2. The van der Waals surface area contributed by atoms with Crippen molar-refractivity contribution in [3.63, 3.8) is 0 Å². The highest BCUT2D eigenvalue weighted by atomic mass is 19.1. The number of phenolic OH excluding ortho intramolecular Hbond substituents is 1. The zero-order chi connectivity index (χ0) is 21.0. The molecule has 0 radical (unpaired) electrons. The zero-order valence-electron chi connectivity index (χ0n) is 16.9. The van der Waals surface area contributed by atoms with Crippen LogP contribution in [0.25, 0.3) is 11.1 Å². The van der Waals surface area contributed by atoms with Gasteiger partial charge in [0.2, 0.25) is 0 Å². The van der Waals surface area contributed by atoms with E-state index < -0.39 is 5.91 Å². The van der Waals surface area contributed by atoms with Gasteiger partial charge in [-0.25, -0.2) is 4.39 Å². The molecule has 1 heterocycles. The number of halogens is 1. The van der Waals surface area contributed by atoms with E-state index in [4.69, 9.17) is 5.73 Å². The number of nitrogens with two attached hydrogens (primary N) is 1. The lowest BCUT2D eigenvalue weighted by Gasteiger charge is -2.14. The topological polar surface area (TPSA) is 68.2 Å². The Morgan fingerprint density at radius 3 is 2.55 bits per heavy atom. The monoisotopic (exact) mass is 394 g/mol. The van der Waals surface area contributed by atoms with E-state index in [1.54, 1.807) is 30.3 Å². The van der Waals surface area contributed by atoms with Gasteiger partial charge in [-0.2, -0.15) is 0 Å². The summed E-state index contributed by atoms with van der Waals surface area (Å²) in [7, 11) is 0. The molecule has 2 aromatic carbocycles. The Labute approximate surface area is 170 Å². The highest BCUT2D eigenvalue weighted by molar-refractivity contribution is 6.02. The van der Waals surface area contributed by atoms with E-state index in [1.807, 2.05) is 19.1 Å². The van der Waals surface area contributed by atoms with Gasteiger partial charge < -0.3 is 15.4 Å². The molecule has 0 aliphatic heterocycles. The van der Waals surface area contributed by atoms with Gasteiger partial charge in [-0.3, -0.25) is 4.79 Å². The molecule has 0 saturated carbocycles. The van der Waals surface area contributed by atoms with Gasteiger partial charge >= 0.3 is 0 Å². The minimum absolute atomic E-state index is 0.135. The van der Waals surface area contributed by atoms with E-state index in [0.717, 1.165) is 41.8 Å². The normalized spacial score (nSPS) is 11.0. The van der Waals surface area contributed by atoms with Crippen molar-refractivity contribution < 1.29 is 14.3 Å². The SMILES string of the molecule is CCCCc1c(-c2cccc(O)c2)c(C(N)=O)c(C)n1CCc1ccccc1F. The van der Waals surface area contributed by atoms with Crippen LogP contribution in [-0.4, -0.2) is 15.6 Å². The van der Waals surface area contributed by atoms with Crippen molar-refractivity contribution >= 4 is 5.91 Å². The number of hydrogen-bond donors (Lipinski definition) is 2. The Hall–Kier alpha value is -3.08. The number of phenols is 1. The van der Waals surface area contributed by atoms with Crippen LogP contribution in [0.5, 0.6) is 5.75 Å². The molecular formula is C24H27FN2O2. The molecule has 3 rings (SSSR count). The first kappa shape index (κ1) is 20.6. The molecule has 0 saturated heterocycles. The molecule has 0 fully saturated rings. The van der Waals surface area contributed by atoms with Crippen molar-refractivity contribution in [1.82, 2.24) is 4.57 Å². The number of aromatic nitrogens is 1. The average Bonchev–Trinajstić information content (AvgIpc) is 2.97. The molecule has 0 atom stereocenters. The van der Waals surface area contributed by atoms with E-state index in [-0.39, 0.29) is 11.6 Å². The number of aromatic hydroxyl groups is 1. The molecule has 0 aliphatic carbocycles. The van der Waals surface area contributed by atoms with Crippen LogP contribution < -0.4 is 5.73 Å². The maximum atomic E-state index is 14.1. The van der Waals surface area contributed by atoms with Crippen LogP contribution in [0.1, 0.15) is 47.1 Å². The number of nitrogens with zero attached hydrogens (tertiary/aromatic N) is 1. The number of unbranched alkanes of at least 4 members (excludes halogenated alkanes) is 1. The molecule has 0 spiro atoms. The van der Waals surface area contributed by atoms with Crippen LogP contribution >= 0.6 is 0 Å². The predicted molar refractivity (Wildman–Crippen MR) is 114 cm³/mol. The third-order valence-electron chi connectivity index (χ3n) is 5.34. The molecule has 1 aromatic heterocycles. The van der Waals surface area contributed by atoms with Crippen LogP contribution in [-0.2, 0) is 19.4 Å². The van der Waals surface area contributed by atoms with E-state index in [9.17, 15) is 14.3 Å². The number of aryl methyl sites for hydroxylation is 1. The maximum Gasteiger partial charge on any atom is 0.251 e. The van der Waals surface area contributed by atoms with Crippen LogP contribution in [0.15, 0.2) is 48.5 Å². The number of benzene rings is 2. The highest BCUT2D eigenvalue weighted by Crippen LogP contribution is 2.35. The quantitative estimate of drug-likeness (QED) is 0.565. The Kier molecular flexibility index (Phi) is 6.37. The summed E-state index contributed by atoms with van der Waals surface area (Å²) in [6, 6.07) is 13.6. The molecule has 0 aliphatic rings. The van der Waals surface area contributed by atoms with Crippen LogP contribution in [0, 0.1) is 12.7 Å². The van der Waals surface area contributed by atoms with Gasteiger partial charge in [-0.15, -0.1) is 0 Å². The van der Waals surface area contributed by atoms with Gasteiger partial charge in [-0.05, 0) is 55.5 Å². The van der Waals surface area contributed by atoms with Crippen LogP contribution in [0.2, 0.25) is 0 Å². The molecule has 4 nitrogen and oxygen atoms in total. The van der Waals surface area contributed by atoms with Crippen LogP contribution in [0.4, 0.5) is 4.39 Å². The lowest BCUT2D eigenvalue weighted by atomic mass is 9.97. The number of carbonyl (C=O) groups is 1. The fourth-order valence-corrected chi connectivity index (χ4v) is 3.91. The number of amides is 1. The van der Waals surface area contributed by atoms with Gasteiger partial charge in [0, 0.05) is 23.5 Å². The molecule has 0 unspecified atom stereocenters. The summed E-state index contributed by atoms with van der Waals surface area (Å²) < 4.78 is 16.2. The van der Waals surface area contributed by atoms with Crippen molar-refractivity contribution in [2.24, 2.45) is 5.73 Å². The van der Waals surface area contributed by atoms with Crippen LogP contribution in [0.3, 0.4) is 0 Å². The minimum atomic E-state index is -0.497. The highest BCUT2D eigenvalue weighted by Gasteiger charge is 2.24. The Morgan fingerprint density at radius 1 is 1.14 bits per heavy atom. The summed E-state index contributed by atoms with van der Waals surface area (Å²) in [6.07, 6.45) is 3.24. The predicted octanol–water partition coefficient (Wildman–Crippen LogP) is 4.99. The third-order valence-corrected chi connectivity index (χ3v) is 5.34. The summed E-state index contributed by atoms with van der Waals surface area (Å²) >= 11 is 0. The second kappa shape index (κ2) is 8.95. The van der Waals surface area contributed by atoms with Gasteiger partial charge in [0.05, 0.1) is 5.56 Å². The van der Waals surface area contributed by atoms with Gasteiger partial charge in [-0.1, -0.05) is 43.7 Å². The fraction of sp³-hybridized carbons (Fsp3) is 0.292. The van der Waals surface area contributed by atoms with E-state index in [0.29, 0.717) is 24.1 Å². The first-order valence-electron chi connectivity index (χ1n) is 9.98. The minimum Gasteiger partial charge on any atom is -0.508 e. The molecular weight excluding hydrogens is 367 g/mol. The van der Waals surface area contributed by atoms with Crippen molar-refractivity contribution in [3.8, 4) is 16.9 Å². The average molecular weight is 394 g/mol. The summed E-state index contributed by atoms with van der Waals surface area (Å²) in [4.78, 5) is 12.4. The van der Waals surface area contributed by atoms with Crippen molar-refractivity contribution in [2.75, 3.05) is 0 Å². The molecule has 29 heavy (non-hydrogen) atoms. The van der Waals surface area contributed by atoms with Crippen molar-refractivity contribution in [2.45, 2.75) is 46.1 Å². The summed E-state index contributed by atoms with van der Waals surface area (Å²) in [5, 5.41) is 9.96. The van der Waals surface area contributed by atoms with Crippen molar-refractivity contribution in [3.05, 3.63) is 76.9 Å². The number of primary amides is 1. The molecule has 1 amide bonds. The molecule has 5 heteroatoms. The second-order valence-electron chi connectivity index (χ2n) is 7.29. The van der Waals surface area contributed by atoms with E-state index in [2.05, 4.69) is 11.5 Å². The largest absolute Gasteiger partial charge is 0.508 e. The Morgan fingerprint density at radius 2 is 1.90 bits per heavy atom. The molecule has 3 N–H and O–H groups in total. The first-order valence-corrected chi connectivity index (χ1v) is 9.98. The Balaban J connectivity index is 2.13. The molecule has 152 valence electrons. The summed E-state index contributed by atoms with van der Waals surface area (Å²) in [6.45, 7) is 4.54. The van der Waals surface area contributed by atoms with Crippen molar-refractivity contribution in [1.29, 1.82) is 0 Å². The lowest BCUT2D eigenvalue weighted by molar-refractivity contribution is 0.1000. The second-order valence-corrected chi connectivity index (χ2v) is 7.29. The smallest absolute Gasteiger partial charge is 0.251 e. The fourth-order valence-electron chi connectivity index (χ4n) is 3.91. The van der Waals surface area contributed by atoms with Gasteiger partial charge in [0.1, 0.15) is 11.6 Å². The Bertz CT molecular complexity index is 1020. The number of rotatable bonds is 8. The molecule has 3 aromatic rings. The molecule has 0 bridgehead atoms. The third kappa shape index (κ3) is 4.34. The summed E-state index contributed by atoms with van der Waals surface area (Å²) in [5.74, 6) is -0.588. The van der Waals surface area contributed by atoms with E-state index >= 15 is 0 Å². The van der Waals surface area contributed by atoms with E-state index in [1.165, 1.54) is 6.07 Å². The van der Waals surface area contributed by atoms with Gasteiger partial charge in [0.15, 0.2) is 0 Å². The first-order chi connectivity index (χ1) is 13.9. The van der Waals surface area contributed by atoms with Gasteiger partial charge in [0.25, 0.3) is 5.91 Å². The number of carbonyl (C=O) groups excluding carboxylic acids is 1. The lowest BCUT2D eigenvalue weighted by Crippen LogP contribution is -2.14. The zero-order valence-corrected chi connectivity index (χ0v) is 16.9. The summed E-state index contributed by atoms with van der Waals surface area (Å²) in [5.41, 5.74) is 10.2. The maximum absolute atomic E-state index is 14.1. The standard InChI is InChI=1S/C24H27FN2O2/c1-3-4-12-21-23(18-9-7-10-19(28)15-18)22(24(26)29)16(2)27(21)14-13-17-8-5-6-11-20(17)25/h5-11,15,28H,3-4,12-14H2,1-2H3,(H2,26,29).